The standard InChI is InChI=1S/C18H25N3O4/c1-24-15-9-8-12(11-16(15)25-13-5-2-3-6-13)20-18(23)21-14-7-4-10-19-17(14)22/h8-9,11,13-14H,2-7,10H2,1H3,(H,19,22)(H2,20,21,23)/t14-/m0/s1. The first kappa shape index (κ1) is 17.4. The summed E-state index contributed by atoms with van der Waals surface area (Å²) in [6.07, 6.45) is 6.14. The van der Waals surface area contributed by atoms with Crippen LogP contribution >= 0.6 is 0 Å². The van der Waals surface area contributed by atoms with E-state index in [1.165, 1.54) is 12.8 Å². The van der Waals surface area contributed by atoms with E-state index in [0.29, 0.717) is 30.2 Å². The zero-order valence-corrected chi connectivity index (χ0v) is 14.5. The van der Waals surface area contributed by atoms with Gasteiger partial charge in [0.05, 0.1) is 13.2 Å². The molecule has 7 heteroatoms. The normalized spacial score (nSPS) is 20.7. The predicted octanol–water partition coefficient (Wildman–Crippen LogP) is 2.42. The summed E-state index contributed by atoms with van der Waals surface area (Å²) in [6.45, 7) is 0.666. The summed E-state index contributed by atoms with van der Waals surface area (Å²) in [5.41, 5.74) is 0.600. The van der Waals surface area contributed by atoms with E-state index >= 15 is 0 Å². The lowest BCUT2D eigenvalue weighted by atomic mass is 10.1. The van der Waals surface area contributed by atoms with Gasteiger partial charge in [0.25, 0.3) is 0 Å². The summed E-state index contributed by atoms with van der Waals surface area (Å²) in [5, 5.41) is 8.21. The molecule has 136 valence electrons. The Bertz CT molecular complexity index is 629. The first-order chi connectivity index (χ1) is 12.2. The highest BCUT2D eigenvalue weighted by Crippen LogP contribution is 2.33. The van der Waals surface area contributed by atoms with E-state index in [1.807, 2.05) is 0 Å². The number of anilines is 1. The zero-order valence-electron chi connectivity index (χ0n) is 14.5. The van der Waals surface area contributed by atoms with Gasteiger partial charge in [-0.3, -0.25) is 4.79 Å². The van der Waals surface area contributed by atoms with Gasteiger partial charge in [0.15, 0.2) is 11.5 Å². The van der Waals surface area contributed by atoms with Crippen LogP contribution in [-0.2, 0) is 4.79 Å². The second-order valence-electron chi connectivity index (χ2n) is 6.47. The monoisotopic (exact) mass is 347 g/mol. The van der Waals surface area contributed by atoms with Gasteiger partial charge in [0.1, 0.15) is 6.04 Å². The van der Waals surface area contributed by atoms with Gasteiger partial charge in [-0.25, -0.2) is 4.79 Å². The molecule has 0 aromatic heterocycles. The van der Waals surface area contributed by atoms with E-state index < -0.39 is 12.1 Å². The maximum Gasteiger partial charge on any atom is 0.319 e. The average molecular weight is 347 g/mol. The molecule has 2 fully saturated rings. The topological polar surface area (TPSA) is 88.7 Å². The Labute approximate surface area is 147 Å². The van der Waals surface area contributed by atoms with Crippen LogP contribution in [0.15, 0.2) is 18.2 Å². The van der Waals surface area contributed by atoms with Gasteiger partial charge in [-0.2, -0.15) is 0 Å². The van der Waals surface area contributed by atoms with Crippen LogP contribution in [0.1, 0.15) is 38.5 Å². The summed E-state index contributed by atoms with van der Waals surface area (Å²) >= 11 is 0. The molecule has 3 N–H and O–H groups in total. The van der Waals surface area contributed by atoms with E-state index in [2.05, 4.69) is 16.0 Å². The molecular formula is C18H25N3O4. The third-order valence-corrected chi connectivity index (χ3v) is 4.61. The number of rotatable bonds is 5. The highest BCUT2D eigenvalue weighted by Gasteiger charge is 2.24. The van der Waals surface area contributed by atoms with Gasteiger partial charge in [-0.05, 0) is 50.7 Å². The number of hydrogen-bond donors (Lipinski definition) is 3. The van der Waals surface area contributed by atoms with E-state index in [-0.39, 0.29) is 12.0 Å². The molecular weight excluding hydrogens is 322 g/mol. The Hall–Kier alpha value is -2.44. The molecule has 0 bridgehead atoms. The number of ether oxygens (including phenoxy) is 2. The van der Waals surface area contributed by atoms with Crippen molar-refractivity contribution in [3.05, 3.63) is 18.2 Å². The largest absolute Gasteiger partial charge is 0.493 e. The lowest BCUT2D eigenvalue weighted by molar-refractivity contribution is -0.124. The minimum Gasteiger partial charge on any atom is -0.493 e. The molecule has 1 heterocycles. The van der Waals surface area contributed by atoms with Crippen molar-refractivity contribution < 1.29 is 19.1 Å². The maximum absolute atomic E-state index is 12.2. The Balaban J connectivity index is 1.62. The van der Waals surface area contributed by atoms with Crippen LogP contribution in [0.25, 0.3) is 0 Å². The highest BCUT2D eigenvalue weighted by atomic mass is 16.5. The molecule has 25 heavy (non-hydrogen) atoms. The predicted molar refractivity (Wildman–Crippen MR) is 94.1 cm³/mol. The lowest BCUT2D eigenvalue weighted by Crippen LogP contribution is -2.51. The van der Waals surface area contributed by atoms with Crippen LogP contribution in [0.3, 0.4) is 0 Å². The van der Waals surface area contributed by atoms with E-state index in [1.54, 1.807) is 25.3 Å². The van der Waals surface area contributed by atoms with Crippen LogP contribution in [0.4, 0.5) is 10.5 Å². The molecule has 0 radical (unpaired) electrons. The van der Waals surface area contributed by atoms with Crippen molar-refractivity contribution in [3.63, 3.8) is 0 Å². The number of piperidine rings is 1. The van der Waals surface area contributed by atoms with Crippen molar-refractivity contribution >= 4 is 17.6 Å². The van der Waals surface area contributed by atoms with Crippen molar-refractivity contribution in [2.75, 3.05) is 19.0 Å². The van der Waals surface area contributed by atoms with Crippen LogP contribution < -0.4 is 25.4 Å². The second-order valence-corrected chi connectivity index (χ2v) is 6.47. The van der Waals surface area contributed by atoms with Gasteiger partial charge < -0.3 is 25.4 Å². The molecule has 2 aliphatic rings. The molecule has 3 amide bonds. The summed E-state index contributed by atoms with van der Waals surface area (Å²) in [5.74, 6) is 1.13. The fraction of sp³-hybridized carbons (Fsp3) is 0.556. The first-order valence-corrected chi connectivity index (χ1v) is 8.85. The lowest BCUT2D eigenvalue weighted by Gasteiger charge is -2.23. The molecule has 7 nitrogen and oxygen atoms in total. The molecule has 1 aliphatic heterocycles. The molecule has 1 saturated carbocycles. The minimum absolute atomic E-state index is 0.138. The molecule has 1 aromatic carbocycles. The fourth-order valence-corrected chi connectivity index (χ4v) is 3.27. The average Bonchev–Trinajstić information content (AvgIpc) is 3.10. The third-order valence-electron chi connectivity index (χ3n) is 4.61. The van der Waals surface area contributed by atoms with E-state index in [0.717, 1.165) is 19.3 Å². The molecule has 1 atom stereocenters. The molecule has 0 spiro atoms. The molecule has 1 aliphatic carbocycles. The van der Waals surface area contributed by atoms with Gasteiger partial charge in [-0.1, -0.05) is 0 Å². The number of benzene rings is 1. The summed E-state index contributed by atoms with van der Waals surface area (Å²) in [6, 6.07) is 4.39. The Kier molecular flexibility index (Phi) is 5.63. The molecule has 1 aromatic rings. The molecule has 1 saturated heterocycles. The van der Waals surface area contributed by atoms with Crippen molar-refractivity contribution in [1.29, 1.82) is 0 Å². The van der Waals surface area contributed by atoms with Crippen molar-refractivity contribution in [2.45, 2.75) is 50.7 Å². The summed E-state index contributed by atoms with van der Waals surface area (Å²) in [4.78, 5) is 23.9. The number of carbonyl (C=O) groups excluding carboxylic acids is 2. The Morgan fingerprint density at radius 1 is 1.16 bits per heavy atom. The van der Waals surface area contributed by atoms with Crippen LogP contribution in [0, 0.1) is 0 Å². The number of hydrogen-bond acceptors (Lipinski definition) is 4. The number of nitrogens with one attached hydrogen (secondary N) is 3. The maximum atomic E-state index is 12.2. The van der Waals surface area contributed by atoms with Gasteiger partial charge >= 0.3 is 6.03 Å². The van der Waals surface area contributed by atoms with Crippen LogP contribution in [0.5, 0.6) is 11.5 Å². The fourth-order valence-electron chi connectivity index (χ4n) is 3.27. The summed E-state index contributed by atoms with van der Waals surface area (Å²) in [7, 11) is 1.60. The Morgan fingerprint density at radius 2 is 1.96 bits per heavy atom. The van der Waals surface area contributed by atoms with Crippen molar-refractivity contribution in [1.82, 2.24) is 10.6 Å². The van der Waals surface area contributed by atoms with E-state index in [9.17, 15) is 9.59 Å². The summed E-state index contributed by atoms with van der Waals surface area (Å²) < 4.78 is 11.4. The molecule has 0 unspecified atom stereocenters. The quantitative estimate of drug-likeness (QED) is 0.763. The SMILES string of the molecule is COc1ccc(NC(=O)N[C@H]2CCCNC2=O)cc1OC1CCCC1. The second kappa shape index (κ2) is 8.09. The van der Waals surface area contributed by atoms with Gasteiger partial charge in [0.2, 0.25) is 5.91 Å². The molecule has 3 rings (SSSR count). The van der Waals surface area contributed by atoms with Gasteiger partial charge in [-0.15, -0.1) is 0 Å². The van der Waals surface area contributed by atoms with Crippen LogP contribution in [-0.4, -0.2) is 37.7 Å². The zero-order chi connectivity index (χ0) is 17.6. The van der Waals surface area contributed by atoms with Crippen molar-refractivity contribution in [3.8, 4) is 11.5 Å². The first-order valence-electron chi connectivity index (χ1n) is 8.85. The minimum atomic E-state index is -0.485. The van der Waals surface area contributed by atoms with Gasteiger partial charge in [0, 0.05) is 18.3 Å². The highest BCUT2D eigenvalue weighted by molar-refractivity contribution is 5.94. The smallest absolute Gasteiger partial charge is 0.319 e. The van der Waals surface area contributed by atoms with Crippen LogP contribution in [0.2, 0.25) is 0 Å². The van der Waals surface area contributed by atoms with Crippen molar-refractivity contribution in [2.24, 2.45) is 0 Å². The number of amides is 3. The Morgan fingerprint density at radius 3 is 2.68 bits per heavy atom. The number of carbonyl (C=O) groups is 2. The van der Waals surface area contributed by atoms with E-state index in [4.69, 9.17) is 9.47 Å². The third kappa shape index (κ3) is 4.55. The number of urea groups is 1. The number of methoxy groups -OCH3 is 1.